The number of azo groups is 1. The van der Waals surface area contributed by atoms with Crippen molar-refractivity contribution in [2.24, 2.45) is 10.2 Å². The van der Waals surface area contributed by atoms with Gasteiger partial charge in [-0.2, -0.15) is 16.8 Å². The third-order valence-corrected chi connectivity index (χ3v) is 5.52. The van der Waals surface area contributed by atoms with Gasteiger partial charge in [0.1, 0.15) is 21.2 Å². The highest BCUT2D eigenvalue weighted by Crippen LogP contribution is 2.42. The number of nitrogens with zero attached hydrogens (tertiary/aromatic N) is 2. The number of aromatic hydroxyl groups is 1. The van der Waals surface area contributed by atoms with E-state index in [1.807, 2.05) is 0 Å². The van der Waals surface area contributed by atoms with E-state index in [-0.39, 0.29) is 22.1 Å². The number of rotatable bonds is 4. The van der Waals surface area contributed by atoms with Crippen molar-refractivity contribution < 1.29 is 31.0 Å². The Hall–Kier alpha value is -3.06. The van der Waals surface area contributed by atoms with Gasteiger partial charge in [-0.05, 0) is 35.7 Å². The van der Waals surface area contributed by atoms with Gasteiger partial charge in [-0.25, -0.2) is 0 Å². The molecule has 0 aliphatic rings. The molecule has 0 radical (unpaired) electrons. The molecular formula is C16H13N3O7S2. The lowest BCUT2D eigenvalue weighted by molar-refractivity contribution is 0.472. The number of anilines is 1. The first-order valence-corrected chi connectivity index (χ1v) is 10.4. The van der Waals surface area contributed by atoms with E-state index in [1.165, 1.54) is 36.4 Å². The second-order valence-electron chi connectivity index (χ2n) is 5.67. The standard InChI is InChI=1S/C16H13N3O7S2/c17-10-6-5-9-7-14(28(24,25)26)15(16(20)11(9)8-10)19-18-12-3-1-2-4-13(12)27(21,22)23/h1-8,20H,17H2,(H,21,22,23)(H,24,25,26). The van der Waals surface area contributed by atoms with E-state index in [1.54, 1.807) is 0 Å². The largest absolute Gasteiger partial charge is 0.505 e. The van der Waals surface area contributed by atoms with E-state index in [0.717, 1.165) is 12.1 Å². The first-order chi connectivity index (χ1) is 13.0. The fourth-order valence-corrected chi connectivity index (χ4v) is 3.80. The summed E-state index contributed by atoms with van der Waals surface area (Å²) >= 11 is 0. The minimum absolute atomic E-state index is 0.143. The Bertz CT molecular complexity index is 1330. The van der Waals surface area contributed by atoms with Crippen LogP contribution in [0.4, 0.5) is 17.1 Å². The van der Waals surface area contributed by atoms with Crippen molar-refractivity contribution in [3.63, 3.8) is 0 Å². The number of phenolic OH excluding ortho intramolecular Hbond substituents is 1. The molecule has 0 atom stereocenters. The molecule has 0 fully saturated rings. The molecular weight excluding hydrogens is 410 g/mol. The quantitative estimate of drug-likeness (QED) is 0.281. The molecule has 0 saturated heterocycles. The summed E-state index contributed by atoms with van der Waals surface area (Å²) < 4.78 is 65.1. The molecule has 146 valence electrons. The SMILES string of the molecule is Nc1ccc2cc(S(=O)(=O)O)c(N=Nc3ccccc3S(=O)(=O)O)c(O)c2c1. The molecule has 3 aromatic rings. The summed E-state index contributed by atoms with van der Waals surface area (Å²) in [5.74, 6) is -0.634. The van der Waals surface area contributed by atoms with Gasteiger partial charge in [0, 0.05) is 11.1 Å². The van der Waals surface area contributed by atoms with Crippen molar-refractivity contribution in [1.82, 2.24) is 0 Å². The van der Waals surface area contributed by atoms with Crippen LogP contribution in [-0.4, -0.2) is 31.0 Å². The molecule has 0 unspecified atom stereocenters. The van der Waals surface area contributed by atoms with Crippen molar-refractivity contribution in [3.8, 4) is 5.75 Å². The monoisotopic (exact) mass is 423 g/mol. The summed E-state index contributed by atoms with van der Waals surface area (Å²) in [6, 6.07) is 10.4. The zero-order chi connectivity index (χ0) is 20.7. The normalized spacial score (nSPS) is 12.6. The fourth-order valence-electron chi connectivity index (χ4n) is 2.51. The van der Waals surface area contributed by atoms with Crippen LogP contribution in [0.15, 0.2) is 68.6 Å². The van der Waals surface area contributed by atoms with Gasteiger partial charge in [-0.3, -0.25) is 9.11 Å². The Morgan fingerprint density at radius 1 is 0.821 bits per heavy atom. The van der Waals surface area contributed by atoms with Crippen LogP contribution in [0.5, 0.6) is 5.75 Å². The maximum Gasteiger partial charge on any atom is 0.296 e. The van der Waals surface area contributed by atoms with Crippen molar-refractivity contribution in [2.75, 3.05) is 5.73 Å². The number of fused-ring (bicyclic) bond motifs is 1. The first kappa shape index (κ1) is 19.7. The Kier molecular flexibility index (Phi) is 4.81. The van der Waals surface area contributed by atoms with Gasteiger partial charge in [0.05, 0.1) is 0 Å². The summed E-state index contributed by atoms with van der Waals surface area (Å²) in [7, 11) is -9.44. The average molecular weight is 423 g/mol. The summed E-state index contributed by atoms with van der Waals surface area (Å²) in [5.41, 5.74) is 5.03. The van der Waals surface area contributed by atoms with E-state index in [9.17, 15) is 31.0 Å². The van der Waals surface area contributed by atoms with Crippen molar-refractivity contribution in [1.29, 1.82) is 0 Å². The van der Waals surface area contributed by atoms with E-state index in [0.29, 0.717) is 0 Å². The van der Waals surface area contributed by atoms with Gasteiger partial charge in [-0.1, -0.05) is 18.2 Å². The molecule has 0 aliphatic heterocycles. The lowest BCUT2D eigenvalue weighted by Gasteiger charge is -2.09. The van der Waals surface area contributed by atoms with E-state index >= 15 is 0 Å². The Labute approximate surface area is 159 Å². The zero-order valence-electron chi connectivity index (χ0n) is 13.9. The first-order valence-electron chi connectivity index (χ1n) is 7.49. The van der Waals surface area contributed by atoms with Gasteiger partial charge in [0.25, 0.3) is 20.2 Å². The van der Waals surface area contributed by atoms with E-state index in [4.69, 9.17) is 5.73 Å². The minimum Gasteiger partial charge on any atom is -0.505 e. The van der Waals surface area contributed by atoms with Crippen molar-refractivity contribution in [2.45, 2.75) is 9.79 Å². The summed E-state index contributed by atoms with van der Waals surface area (Å²) in [6.07, 6.45) is 0. The van der Waals surface area contributed by atoms with Crippen LogP contribution in [0.1, 0.15) is 0 Å². The van der Waals surface area contributed by atoms with Gasteiger partial charge >= 0.3 is 0 Å². The highest BCUT2D eigenvalue weighted by Gasteiger charge is 2.22. The van der Waals surface area contributed by atoms with Crippen LogP contribution in [0.2, 0.25) is 0 Å². The molecule has 0 saturated carbocycles. The Balaban J connectivity index is 2.29. The lowest BCUT2D eigenvalue weighted by atomic mass is 10.1. The number of hydrogen-bond donors (Lipinski definition) is 4. The number of nitrogens with two attached hydrogens (primary N) is 1. The van der Waals surface area contributed by atoms with Gasteiger partial charge < -0.3 is 10.8 Å². The Morgan fingerprint density at radius 3 is 2.11 bits per heavy atom. The maximum absolute atomic E-state index is 11.7. The second kappa shape index (κ2) is 6.83. The fraction of sp³-hybridized carbons (Fsp3) is 0. The number of phenols is 1. The van der Waals surface area contributed by atoms with Crippen LogP contribution < -0.4 is 5.73 Å². The van der Waals surface area contributed by atoms with Gasteiger partial charge in [0.15, 0.2) is 5.75 Å². The van der Waals surface area contributed by atoms with Crippen LogP contribution in [0.25, 0.3) is 10.8 Å². The molecule has 0 spiro atoms. The summed E-state index contributed by atoms with van der Waals surface area (Å²) in [6.45, 7) is 0. The molecule has 10 nitrogen and oxygen atoms in total. The summed E-state index contributed by atoms with van der Waals surface area (Å²) in [4.78, 5) is -1.31. The van der Waals surface area contributed by atoms with E-state index in [2.05, 4.69) is 10.2 Å². The highest BCUT2D eigenvalue weighted by atomic mass is 32.2. The third-order valence-electron chi connectivity index (χ3n) is 3.76. The molecule has 0 amide bonds. The molecule has 3 aromatic carbocycles. The summed E-state index contributed by atoms with van der Waals surface area (Å²) in [5, 5.41) is 18.1. The predicted molar refractivity (Wildman–Crippen MR) is 100 cm³/mol. The number of nitrogen functional groups attached to an aromatic ring is 1. The number of benzene rings is 3. The molecule has 0 bridgehead atoms. The molecule has 0 aromatic heterocycles. The molecule has 28 heavy (non-hydrogen) atoms. The second-order valence-corrected chi connectivity index (χ2v) is 8.45. The van der Waals surface area contributed by atoms with Crippen LogP contribution >= 0.6 is 0 Å². The van der Waals surface area contributed by atoms with Gasteiger partial charge in [0.2, 0.25) is 0 Å². The van der Waals surface area contributed by atoms with Crippen LogP contribution in [0.3, 0.4) is 0 Å². The van der Waals surface area contributed by atoms with Crippen LogP contribution in [0, 0.1) is 0 Å². The molecule has 3 rings (SSSR count). The van der Waals surface area contributed by atoms with Crippen molar-refractivity contribution >= 4 is 48.1 Å². The minimum atomic E-state index is -4.81. The molecule has 0 heterocycles. The van der Waals surface area contributed by atoms with Crippen molar-refractivity contribution in [3.05, 3.63) is 48.5 Å². The highest BCUT2D eigenvalue weighted by molar-refractivity contribution is 7.86. The van der Waals surface area contributed by atoms with E-state index < -0.39 is 41.5 Å². The maximum atomic E-state index is 11.7. The molecule has 12 heteroatoms. The zero-order valence-corrected chi connectivity index (χ0v) is 15.5. The topological polar surface area (TPSA) is 180 Å². The Morgan fingerprint density at radius 2 is 1.46 bits per heavy atom. The van der Waals surface area contributed by atoms with Crippen LogP contribution in [-0.2, 0) is 20.2 Å². The van der Waals surface area contributed by atoms with Gasteiger partial charge in [-0.15, -0.1) is 10.2 Å². The number of hydrogen-bond acceptors (Lipinski definition) is 8. The average Bonchev–Trinajstić information content (AvgIpc) is 2.60. The molecule has 0 aliphatic carbocycles. The third kappa shape index (κ3) is 3.80. The lowest BCUT2D eigenvalue weighted by Crippen LogP contribution is -1.99. The smallest absolute Gasteiger partial charge is 0.296 e. The molecule has 5 N–H and O–H groups in total. The predicted octanol–water partition coefficient (Wildman–Crippen LogP) is 3.04.